The molecule has 0 aliphatic carbocycles. The monoisotopic (exact) mass is 345 g/mol. The van der Waals surface area contributed by atoms with E-state index in [0.717, 1.165) is 19.3 Å². The summed E-state index contributed by atoms with van der Waals surface area (Å²) in [6, 6.07) is 8.68. The van der Waals surface area contributed by atoms with Crippen LogP contribution in [0.1, 0.15) is 37.9 Å². The fourth-order valence-electron chi connectivity index (χ4n) is 2.43. The number of hydrogen-bond donors (Lipinski definition) is 1. The summed E-state index contributed by atoms with van der Waals surface area (Å²) in [5.41, 5.74) is 6.30. The Bertz CT molecular complexity index is 640. The maximum atomic E-state index is 12.4. The minimum atomic E-state index is -1.06. The molecule has 2 rings (SSSR count). The Labute approximate surface area is 147 Å². The summed E-state index contributed by atoms with van der Waals surface area (Å²) in [7, 11) is 0. The van der Waals surface area contributed by atoms with Crippen molar-refractivity contribution < 1.29 is 23.6 Å². The van der Waals surface area contributed by atoms with Gasteiger partial charge in [0.1, 0.15) is 6.04 Å². The third-order valence-corrected chi connectivity index (χ3v) is 3.73. The second-order valence-electron chi connectivity index (χ2n) is 5.90. The summed E-state index contributed by atoms with van der Waals surface area (Å²) in [4.78, 5) is 24.6. The smallest absolute Gasteiger partial charge is 0.373 e. The van der Waals surface area contributed by atoms with Crippen LogP contribution in [0.5, 0.6) is 0 Å². The van der Waals surface area contributed by atoms with E-state index in [4.69, 9.17) is 15.2 Å². The van der Waals surface area contributed by atoms with Crippen LogP contribution in [-0.4, -0.2) is 41.9 Å². The Hall–Kier alpha value is -2.47. The molecule has 0 amide bonds. The number of nitrogens with zero attached hydrogens (tertiary/aromatic N) is 1. The van der Waals surface area contributed by atoms with Crippen molar-refractivity contribution in [1.82, 2.24) is 0 Å². The van der Waals surface area contributed by atoms with Crippen molar-refractivity contribution in [2.45, 2.75) is 38.3 Å². The van der Waals surface area contributed by atoms with Gasteiger partial charge in [-0.2, -0.15) is 4.58 Å². The molecular weight excluding hydrogens is 320 g/mol. The Balaban J connectivity index is 1.99. The van der Waals surface area contributed by atoms with Crippen molar-refractivity contribution >= 4 is 18.2 Å². The first kappa shape index (κ1) is 18.9. The standard InChI is InChI=1S/C19H25N2O4/c1-2-3-7-12-24-19(23)18(15-8-5-4-6-9-15)25-17(22)14-21-11-10-16(20)13-21/h4-6,8-11,13,16,18H,2-3,7,12,14,20H2,1H3/q+1/t16?,18-/m0/s1. The highest BCUT2D eigenvalue weighted by Crippen LogP contribution is 2.19. The van der Waals surface area contributed by atoms with Crippen LogP contribution in [-0.2, 0) is 19.1 Å². The van der Waals surface area contributed by atoms with E-state index in [2.05, 4.69) is 6.92 Å². The highest BCUT2D eigenvalue weighted by Gasteiger charge is 2.28. The number of carbonyl (C=O) groups excluding carboxylic acids is 2. The van der Waals surface area contributed by atoms with Gasteiger partial charge in [0.05, 0.1) is 6.61 Å². The zero-order valence-electron chi connectivity index (χ0n) is 14.5. The third kappa shape index (κ3) is 6.15. The normalized spacial score (nSPS) is 17.0. The van der Waals surface area contributed by atoms with Gasteiger partial charge in [0, 0.05) is 11.6 Å². The van der Waals surface area contributed by atoms with E-state index in [1.807, 2.05) is 6.07 Å². The van der Waals surface area contributed by atoms with Gasteiger partial charge in [-0.25, -0.2) is 9.59 Å². The van der Waals surface area contributed by atoms with Gasteiger partial charge in [-0.3, -0.25) is 0 Å². The second-order valence-corrected chi connectivity index (χ2v) is 5.90. The van der Waals surface area contributed by atoms with Gasteiger partial charge in [-0.15, -0.1) is 0 Å². The molecule has 0 spiro atoms. The van der Waals surface area contributed by atoms with E-state index in [9.17, 15) is 9.59 Å². The number of esters is 2. The fraction of sp³-hybridized carbons (Fsp3) is 0.421. The summed E-state index contributed by atoms with van der Waals surface area (Å²) in [6.45, 7) is 2.40. The van der Waals surface area contributed by atoms with E-state index in [1.54, 1.807) is 47.3 Å². The Morgan fingerprint density at radius 1 is 1.24 bits per heavy atom. The third-order valence-electron chi connectivity index (χ3n) is 3.73. The van der Waals surface area contributed by atoms with Gasteiger partial charge in [0.25, 0.3) is 0 Å². The minimum absolute atomic E-state index is 0.00333. The number of hydrogen-bond acceptors (Lipinski definition) is 5. The molecule has 0 radical (unpaired) electrons. The van der Waals surface area contributed by atoms with E-state index in [-0.39, 0.29) is 12.6 Å². The van der Waals surface area contributed by atoms with Gasteiger partial charge >= 0.3 is 11.9 Å². The SMILES string of the molecule is CCCCCOC(=O)[C@@H](OC(=O)C[N+]1=CC(N)C=C1)c1ccccc1. The van der Waals surface area contributed by atoms with Gasteiger partial charge in [-0.05, 0) is 6.42 Å². The number of benzene rings is 1. The van der Waals surface area contributed by atoms with E-state index >= 15 is 0 Å². The molecule has 2 atom stereocenters. The molecule has 1 aliphatic rings. The van der Waals surface area contributed by atoms with Crippen molar-refractivity contribution in [2.24, 2.45) is 5.73 Å². The lowest BCUT2D eigenvalue weighted by Gasteiger charge is -2.16. The van der Waals surface area contributed by atoms with Crippen molar-refractivity contribution in [2.75, 3.05) is 13.2 Å². The van der Waals surface area contributed by atoms with Crippen LogP contribution in [0.15, 0.2) is 42.6 Å². The molecule has 1 aliphatic heterocycles. The number of rotatable bonds is 9. The van der Waals surface area contributed by atoms with E-state index in [0.29, 0.717) is 12.2 Å². The molecule has 0 saturated carbocycles. The van der Waals surface area contributed by atoms with E-state index < -0.39 is 18.0 Å². The first-order chi connectivity index (χ1) is 12.1. The first-order valence-electron chi connectivity index (χ1n) is 8.56. The molecule has 134 valence electrons. The topological polar surface area (TPSA) is 81.6 Å². The zero-order valence-corrected chi connectivity index (χ0v) is 14.5. The summed E-state index contributed by atoms with van der Waals surface area (Å²) < 4.78 is 12.3. The highest BCUT2D eigenvalue weighted by molar-refractivity contribution is 5.81. The predicted octanol–water partition coefficient (Wildman–Crippen LogP) is 1.94. The van der Waals surface area contributed by atoms with Crippen LogP contribution in [0.4, 0.5) is 0 Å². The van der Waals surface area contributed by atoms with Gasteiger partial charge in [-0.1, -0.05) is 50.1 Å². The summed E-state index contributed by atoms with van der Waals surface area (Å²) in [6.07, 6.45) is 6.95. The average molecular weight is 345 g/mol. The molecule has 0 fully saturated rings. The van der Waals surface area contributed by atoms with Crippen LogP contribution in [0.3, 0.4) is 0 Å². The summed E-state index contributed by atoms with van der Waals surface area (Å²) in [5, 5.41) is 0. The Morgan fingerprint density at radius 2 is 2.00 bits per heavy atom. The van der Waals surface area contributed by atoms with Gasteiger partial charge < -0.3 is 15.2 Å². The molecule has 25 heavy (non-hydrogen) atoms. The minimum Gasteiger partial charge on any atom is -0.463 e. The van der Waals surface area contributed by atoms with Crippen LogP contribution >= 0.6 is 0 Å². The first-order valence-corrected chi connectivity index (χ1v) is 8.56. The lowest BCUT2D eigenvalue weighted by atomic mass is 10.1. The number of carbonyl (C=O) groups is 2. The van der Waals surface area contributed by atoms with Crippen LogP contribution in [0.2, 0.25) is 0 Å². The van der Waals surface area contributed by atoms with Gasteiger partial charge in [0.2, 0.25) is 12.6 Å². The van der Waals surface area contributed by atoms with Crippen molar-refractivity contribution in [1.29, 1.82) is 0 Å². The number of nitrogens with two attached hydrogens (primary N) is 1. The maximum absolute atomic E-state index is 12.4. The van der Waals surface area contributed by atoms with Crippen molar-refractivity contribution in [3.63, 3.8) is 0 Å². The van der Waals surface area contributed by atoms with Crippen molar-refractivity contribution in [3.8, 4) is 0 Å². The molecular formula is C19H25N2O4+. The Kier molecular flexibility index (Phi) is 7.35. The Morgan fingerprint density at radius 3 is 2.64 bits per heavy atom. The summed E-state index contributed by atoms with van der Waals surface area (Å²) >= 11 is 0. The molecule has 1 heterocycles. The molecule has 1 aromatic rings. The maximum Gasteiger partial charge on any atom is 0.373 e. The lowest BCUT2D eigenvalue weighted by Crippen LogP contribution is -2.27. The number of unbranched alkanes of at least 4 members (excludes halogenated alkanes) is 2. The van der Waals surface area contributed by atoms with Crippen molar-refractivity contribution in [3.05, 3.63) is 48.2 Å². The zero-order chi connectivity index (χ0) is 18.1. The molecule has 1 aromatic carbocycles. The summed E-state index contributed by atoms with van der Waals surface area (Å²) in [5.74, 6) is -1.07. The molecule has 0 saturated heterocycles. The molecule has 0 bridgehead atoms. The highest BCUT2D eigenvalue weighted by atomic mass is 16.6. The molecule has 6 heteroatoms. The van der Waals surface area contributed by atoms with Crippen LogP contribution in [0, 0.1) is 0 Å². The quantitative estimate of drug-likeness (QED) is 0.420. The number of ether oxygens (including phenoxy) is 2. The lowest BCUT2D eigenvalue weighted by molar-refractivity contribution is -0.440. The fourth-order valence-corrected chi connectivity index (χ4v) is 2.43. The molecule has 0 aromatic heterocycles. The average Bonchev–Trinajstić information content (AvgIpc) is 3.02. The molecule has 1 unspecified atom stereocenters. The van der Waals surface area contributed by atoms with Crippen LogP contribution < -0.4 is 5.73 Å². The largest absolute Gasteiger partial charge is 0.463 e. The van der Waals surface area contributed by atoms with Gasteiger partial charge in [0.15, 0.2) is 12.4 Å². The second kappa shape index (κ2) is 9.74. The molecule has 6 nitrogen and oxygen atoms in total. The predicted molar refractivity (Wildman–Crippen MR) is 94.1 cm³/mol. The van der Waals surface area contributed by atoms with Crippen LogP contribution in [0.25, 0.3) is 0 Å². The molecule has 2 N–H and O–H groups in total. The van der Waals surface area contributed by atoms with E-state index in [1.165, 1.54) is 0 Å².